The van der Waals surface area contributed by atoms with Crippen LogP contribution in [0.3, 0.4) is 0 Å². The number of fused-ring (bicyclic) bond motifs is 2. The number of aromatic amines is 1. The van der Waals surface area contributed by atoms with E-state index in [9.17, 15) is 5.11 Å². The molecule has 0 bridgehead atoms. The quantitative estimate of drug-likeness (QED) is 0.448. The number of hydrogen-bond acceptors (Lipinski definition) is 5. The van der Waals surface area contributed by atoms with Crippen LogP contribution in [-0.4, -0.2) is 36.2 Å². The predicted molar refractivity (Wildman–Crippen MR) is 137 cm³/mol. The Morgan fingerprint density at radius 1 is 0.971 bits per heavy atom. The van der Waals surface area contributed by atoms with Gasteiger partial charge in [-0.1, -0.05) is 36.4 Å². The van der Waals surface area contributed by atoms with Crippen molar-refractivity contribution in [2.75, 3.05) is 21.2 Å². The van der Waals surface area contributed by atoms with Gasteiger partial charge in [0.15, 0.2) is 5.88 Å². The van der Waals surface area contributed by atoms with Gasteiger partial charge in [-0.2, -0.15) is 0 Å². The van der Waals surface area contributed by atoms with Crippen molar-refractivity contribution in [1.82, 2.24) is 9.88 Å². The number of methoxy groups -OCH3 is 1. The van der Waals surface area contributed by atoms with Crippen molar-refractivity contribution in [3.8, 4) is 11.6 Å². The van der Waals surface area contributed by atoms with Crippen LogP contribution in [0.1, 0.15) is 16.7 Å². The van der Waals surface area contributed by atoms with Crippen LogP contribution in [-0.2, 0) is 6.54 Å². The molecule has 0 saturated heterocycles. The molecule has 2 N–H and O–H groups in total. The van der Waals surface area contributed by atoms with Gasteiger partial charge in [-0.05, 0) is 72.9 Å². The summed E-state index contributed by atoms with van der Waals surface area (Å²) in [5.41, 5.74) is 5.61. The number of nitrogens with one attached hydrogen (secondary N) is 1. The fraction of sp³-hybridized carbons (Fsp3) is 0.143. The standard InChI is InChI=1S/C28H26N4O2/c1-32(2)17-19-6-4-18(5-7-19)9-12-26-22-11-8-20(15-27(22)31-30-26)14-24-23-16-21(34-3)10-13-25(23)29-28(24)33/h4-16,29,33H,17H2,1-3H3/b12-9+,20-14+. The summed E-state index contributed by atoms with van der Waals surface area (Å²) in [5, 5.41) is 22.0. The van der Waals surface area contributed by atoms with Crippen LogP contribution in [0, 0.1) is 0 Å². The highest BCUT2D eigenvalue weighted by atomic mass is 16.5. The molecule has 34 heavy (non-hydrogen) atoms. The van der Waals surface area contributed by atoms with E-state index in [4.69, 9.17) is 4.74 Å². The van der Waals surface area contributed by atoms with Crippen molar-refractivity contribution < 1.29 is 9.84 Å². The molecule has 4 aromatic rings. The molecule has 5 rings (SSSR count). The molecule has 0 unspecified atom stereocenters. The summed E-state index contributed by atoms with van der Waals surface area (Å²) in [7, 11) is 5.76. The van der Waals surface area contributed by atoms with Crippen molar-refractivity contribution in [2.24, 2.45) is 10.2 Å². The molecule has 1 aliphatic rings. The Hall–Kier alpha value is -4.16. The highest BCUT2D eigenvalue weighted by molar-refractivity contribution is 5.92. The number of azo groups is 1. The summed E-state index contributed by atoms with van der Waals surface area (Å²) in [6, 6.07) is 20.2. The van der Waals surface area contributed by atoms with Crippen LogP contribution in [0.5, 0.6) is 11.6 Å². The van der Waals surface area contributed by atoms with Crippen LogP contribution < -0.4 is 15.2 Å². The number of rotatable bonds is 6. The molecular formula is C28H26N4O2. The average Bonchev–Trinajstić information content (AvgIpc) is 3.38. The van der Waals surface area contributed by atoms with Crippen LogP contribution in [0.15, 0.2) is 77.0 Å². The van der Waals surface area contributed by atoms with Gasteiger partial charge < -0.3 is 19.7 Å². The second kappa shape index (κ2) is 9.00. The van der Waals surface area contributed by atoms with Crippen molar-refractivity contribution in [1.29, 1.82) is 0 Å². The largest absolute Gasteiger partial charge is 0.497 e. The summed E-state index contributed by atoms with van der Waals surface area (Å²) < 4.78 is 5.34. The van der Waals surface area contributed by atoms with Crippen LogP contribution in [0.25, 0.3) is 28.8 Å². The Kier molecular flexibility index (Phi) is 5.74. The normalized spacial score (nSPS) is 13.5. The van der Waals surface area contributed by atoms with Crippen LogP contribution >= 0.6 is 0 Å². The van der Waals surface area contributed by atoms with E-state index in [1.165, 1.54) is 5.56 Å². The zero-order chi connectivity index (χ0) is 23.7. The Balaban J connectivity index is 1.45. The monoisotopic (exact) mass is 450 g/mol. The number of aromatic hydroxyl groups is 1. The predicted octanol–water partition coefficient (Wildman–Crippen LogP) is 4.69. The number of H-pyrrole nitrogens is 1. The molecule has 1 aromatic heterocycles. The lowest BCUT2D eigenvalue weighted by molar-refractivity contribution is 0.402. The van der Waals surface area contributed by atoms with Gasteiger partial charge >= 0.3 is 0 Å². The van der Waals surface area contributed by atoms with Gasteiger partial charge in [0, 0.05) is 28.2 Å². The molecule has 0 fully saturated rings. The molecule has 3 aromatic carbocycles. The first-order valence-electron chi connectivity index (χ1n) is 11.1. The Morgan fingerprint density at radius 3 is 2.56 bits per heavy atom. The van der Waals surface area contributed by atoms with Crippen molar-refractivity contribution in [3.63, 3.8) is 0 Å². The molecule has 6 heteroatoms. The molecule has 2 heterocycles. The van der Waals surface area contributed by atoms with Gasteiger partial charge in [0.05, 0.1) is 18.5 Å². The Bertz CT molecular complexity index is 1540. The van der Waals surface area contributed by atoms with E-state index in [0.717, 1.165) is 50.6 Å². The number of ether oxygens (including phenoxy) is 1. The minimum absolute atomic E-state index is 0.122. The lowest BCUT2D eigenvalue weighted by Gasteiger charge is -2.09. The van der Waals surface area contributed by atoms with E-state index in [-0.39, 0.29) is 5.88 Å². The summed E-state index contributed by atoms with van der Waals surface area (Å²) >= 11 is 0. The Morgan fingerprint density at radius 2 is 1.79 bits per heavy atom. The van der Waals surface area contributed by atoms with E-state index in [0.29, 0.717) is 5.56 Å². The van der Waals surface area contributed by atoms with E-state index >= 15 is 0 Å². The first kappa shape index (κ1) is 21.7. The van der Waals surface area contributed by atoms with Crippen molar-refractivity contribution >= 4 is 34.4 Å². The molecule has 0 amide bonds. The molecule has 0 spiro atoms. The fourth-order valence-electron chi connectivity index (χ4n) is 4.11. The number of benzene rings is 3. The second-order valence-corrected chi connectivity index (χ2v) is 8.62. The summed E-state index contributed by atoms with van der Waals surface area (Å²) in [4.78, 5) is 5.17. The third kappa shape index (κ3) is 4.36. The zero-order valence-corrected chi connectivity index (χ0v) is 19.4. The maximum Gasteiger partial charge on any atom is 0.196 e. The topological polar surface area (TPSA) is 73.2 Å². The minimum atomic E-state index is 0.122. The van der Waals surface area contributed by atoms with Gasteiger partial charge in [0.25, 0.3) is 0 Å². The SMILES string of the molecule is COc1ccc2[nH]c(O)c(/C=c3\ccc4c(c3)N=NC=4/C=C/c3ccc(CN(C)C)cc3)c2c1. The Labute approximate surface area is 197 Å². The van der Waals surface area contributed by atoms with E-state index in [2.05, 4.69) is 64.5 Å². The molecule has 170 valence electrons. The zero-order valence-electron chi connectivity index (χ0n) is 19.4. The molecular weight excluding hydrogens is 424 g/mol. The highest BCUT2D eigenvalue weighted by Crippen LogP contribution is 2.30. The molecule has 0 saturated carbocycles. The lowest BCUT2D eigenvalue weighted by Crippen LogP contribution is -2.10. The molecule has 0 atom stereocenters. The number of hydrogen-bond donors (Lipinski definition) is 2. The maximum atomic E-state index is 10.4. The number of nitrogens with zero attached hydrogens (tertiary/aromatic N) is 3. The van der Waals surface area contributed by atoms with Crippen molar-refractivity contribution in [3.05, 3.63) is 93.9 Å². The van der Waals surface area contributed by atoms with Gasteiger partial charge in [-0.25, -0.2) is 0 Å². The van der Waals surface area contributed by atoms with E-state index in [1.807, 2.05) is 48.6 Å². The molecule has 0 radical (unpaired) electrons. The highest BCUT2D eigenvalue weighted by Gasteiger charge is 2.11. The molecule has 1 aliphatic heterocycles. The van der Waals surface area contributed by atoms with Gasteiger partial charge in [-0.3, -0.25) is 0 Å². The molecule has 6 nitrogen and oxygen atoms in total. The van der Waals surface area contributed by atoms with Crippen molar-refractivity contribution in [2.45, 2.75) is 6.54 Å². The average molecular weight is 451 g/mol. The smallest absolute Gasteiger partial charge is 0.196 e. The summed E-state index contributed by atoms with van der Waals surface area (Å²) in [6.45, 7) is 0.923. The third-order valence-electron chi connectivity index (χ3n) is 5.81. The van der Waals surface area contributed by atoms with Crippen LogP contribution in [0.2, 0.25) is 0 Å². The molecule has 0 aliphatic carbocycles. The van der Waals surface area contributed by atoms with E-state index < -0.39 is 0 Å². The van der Waals surface area contributed by atoms with Crippen LogP contribution in [0.4, 0.5) is 5.69 Å². The lowest BCUT2D eigenvalue weighted by atomic mass is 10.1. The third-order valence-corrected chi connectivity index (χ3v) is 5.81. The van der Waals surface area contributed by atoms with E-state index in [1.54, 1.807) is 7.11 Å². The van der Waals surface area contributed by atoms with Gasteiger partial charge in [-0.15, -0.1) is 10.2 Å². The minimum Gasteiger partial charge on any atom is -0.497 e. The maximum absolute atomic E-state index is 10.4. The van der Waals surface area contributed by atoms with Gasteiger partial charge in [0.2, 0.25) is 0 Å². The first-order chi connectivity index (χ1) is 16.5. The summed E-state index contributed by atoms with van der Waals surface area (Å²) in [6.07, 6.45) is 5.99. The van der Waals surface area contributed by atoms with Gasteiger partial charge in [0.1, 0.15) is 5.75 Å². The summed E-state index contributed by atoms with van der Waals surface area (Å²) in [5.74, 6) is 0.861. The fourth-order valence-corrected chi connectivity index (χ4v) is 4.11. The first-order valence-corrected chi connectivity index (χ1v) is 11.1. The second-order valence-electron chi connectivity index (χ2n) is 8.62. The number of aromatic nitrogens is 1.